The summed E-state index contributed by atoms with van der Waals surface area (Å²) in [6.45, 7) is 2.48. The number of hydrogen-bond donors (Lipinski definition) is 0. The highest BCUT2D eigenvalue weighted by molar-refractivity contribution is 6.07. The smallest absolute Gasteiger partial charge is 0.164 e. The zero-order chi connectivity index (χ0) is 18.4. The van der Waals surface area contributed by atoms with Crippen LogP contribution in [0.5, 0.6) is 23.0 Å². The fraction of sp³-hybridized carbons (Fsp3) is 0.400. The van der Waals surface area contributed by atoms with Crippen LogP contribution in [-0.2, 0) is 9.47 Å². The molecule has 142 valence electrons. The summed E-state index contributed by atoms with van der Waals surface area (Å²) in [4.78, 5) is 0. The molecule has 7 heteroatoms. The summed E-state index contributed by atoms with van der Waals surface area (Å²) in [5.41, 5.74) is 1.42. The van der Waals surface area contributed by atoms with Crippen molar-refractivity contribution in [1.82, 2.24) is 0 Å². The Bertz CT molecular complexity index is 907. The van der Waals surface area contributed by atoms with Crippen molar-refractivity contribution in [3.8, 4) is 23.0 Å². The standard InChI is InChI=1S/C20H20O7/c1-21-17-5-15-13(3-19(17)25-9-11-7-23-11)14-4-20(26-10-12-8-24-12)18(22-2)6-16(14)27-15/h3-6,11-12H,7-10H2,1-2H3. The van der Waals surface area contributed by atoms with Crippen molar-refractivity contribution in [1.29, 1.82) is 0 Å². The van der Waals surface area contributed by atoms with Crippen LogP contribution in [0.2, 0.25) is 0 Å². The quantitative estimate of drug-likeness (QED) is 0.562. The molecule has 3 heterocycles. The molecule has 0 radical (unpaired) electrons. The van der Waals surface area contributed by atoms with Crippen LogP contribution >= 0.6 is 0 Å². The number of ether oxygens (including phenoxy) is 6. The van der Waals surface area contributed by atoms with Gasteiger partial charge in [0, 0.05) is 22.9 Å². The molecule has 0 amide bonds. The third kappa shape index (κ3) is 3.24. The molecule has 2 aromatic carbocycles. The lowest BCUT2D eigenvalue weighted by molar-refractivity contribution is 0.252. The lowest BCUT2D eigenvalue weighted by Crippen LogP contribution is -2.05. The minimum Gasteiger partial charge on any atom is -0.493 e. The SMILES string of the molecule is COc1cc2oc3cc(OC)c(OCC4CO4)cc3c2cc1OCC1CO1. The van der Waals surface area contributed by atoms with E-state index < -0.39 is 0 Å². The molecule has 2 saturated heterocycles. The van der Waals surface area contributed by atoms with Crippen LogP contribution in [0.3, 0.4) is 0 Å². The fourth-order valence-corrected chi connectivity index (χ4v) is 3.03. The Morgan fingerprint density at radius 2 is 1.19 bits per heavy atom. The molecule has 0 N–H and O–H groups in total. The molecule has 0 aliphatic carbocycles. The van der Waals surface area contributed by atoms with Gasteiger partial charge in [-0.2, -0.15) is 0 Å². The molecule has 2 aliphatic heterocycles. The molecule has 7 nitrogen and oxygen atoms in total. The largest absolute Gasteiger partial charge is 0.493 e. The predicted molar refractivity (Wildman–Crippen MR) is 97.3 cm³/mol. The minimum absolute atomic E-state index is 0.167. The van der Waals surface area contributed by atoms with E-state index in [1.165, 1.54) is 0 Å². The van der Waals surface area contributed by atoms with Crippen LogP contribution < -0.4 is 18.9 Å². The van der Waals surface area contributed by atoms with E-state index in [1.54, 1.807) is 14.2 Å². The summed E-state index contributed by atoms with van der Waals surface area (Å²) < 4.78 is 39.1. The van der Waals surface area contributed by atoms with Gasteiger partial charge < -0.3 is 32.8 Å². The van der Waals surface area contributed by atoms with Gasteiger partial charge in [0.25, 0.3) is 0 Å². The third-order valence-corrected chi connectivity index (χ3v) is 4.70. The Morgan fingerprint density at radius 3 is 1.56 bits per heavy atom. The van der Waals surface area contributed by atoms with Gasteiger partial charge in [-0.1, -0.05) is 0 Å². The second kappa shape index (κ2) is 6.51. The van der Waals surface area contributed by atoms with Gasteiger partial charge in [0.05, 0.1) is 27.4 Å². The topological polar surface area (TPSA) is 75.1 Å². The van der Waals surface area contributed by atoms with Crippen molar-refractivity contribution in [2.24, 2.45) is 0 Å². The van der Waals surface area contributed by atoms with Gasteiger partial charge in [-0.05, 0) is 12.1 Å². The number of hydrogen-bond acceptors (Lipinski definition) is 7. The first-order valence-corrected chi connectivity index (χ1v) is 8.86. The van der Waals surface area contributed by atoms with Crippen molar-refractivity contribution < 1.29 is 32.8 Å². The molecule has 27 heavy (non-hydrogen) atoms. The third-order valence-electron chi connectivity index (χ3n) is 4.70. The number of epoxide rings is 2. The molecule has 2 fully saturated rings. The molecule has 1 aromatic heterocycles. The number of rotatable bonds is 8. The van der Waals surface area contributed by atoms with E-state index in [0.29, 0.717) is 47.4 Å². The maximum absolute atomic E-state index is 6.00. The first-order chi connectivity index (χ1) is 13.2. The molecule has 2 unspecified atom stereocenters. The van der Waals surface area contributed by atoms with E-state index in [0.717, 1.165) is 24.0 Å². The van der Waals surface area contributed by atoms with Gasteiger partial charge >= 0.3 is 0 Å². The van der Waals surface area contributed by atoms with Crippen LogP contribution in [0.25, 0.3) is 21.9 Å². The minimum atomic E-state index is 0.167. The average molecular weight is 372 g/mol. The number of benzene rings is 2. The van der Waals surface area contributed by atoms with Gasteiger partial charge in [-0.3, -0.25) is 0 Å². The highest BCUT2D eigenvalue weighted by atomic mass is 16.6. The first kappa shape index (κ1) is 16.5. The van der Waals surface area contributed by atoms with Gasteiger partial charge in [0.1, 0.15) is 36.6 Å². The summed E-state index contributed by atoms with van der Waals surface area (Å²) in [5.74, 6) is 2.56. The fourth-order valence-electron chi connectivity index (χ4n) is 3.03. The Morgan fingerprint density at radius 1 is 0.741 bits per heavy atom. The zero-order valence-corrected chi connectivity index (χ0v) is 15.2. The molecule has 2 atom stereocenters. The highest BCUT2D eigenvalue weighted by Gasteiger charge is 2.25. The van der Waals surface area contributed by atoms with Gasteiger partial charge in [0.15, 0.2) is 23.0 Å². The monoisotopic (exact) mass is 372 g/mol. The number of fused-ring (bicyclic) bond motifs is 3. The lowest BCUT2D eigenvalue weighted by atomic mass is 10.1. The molecule has 2 aliphatic rings. The zero-order valence-electron chi connectivity index (χ0n) is 15.2. The van der Waals surface area contributed by atoms with Crippen LogP contribution in [0.15, 0.2) is 28.7 Å². The van der Waals surface area contributed by atoms with Gasteiger partial charge in [-0.15, -0.1) is 0 Å². The van der Waals surface area contributed by atoms with Crippen molar-refractivity contribution in [2.75, 3.05) is 40.6 Å². The second-order valence-electron chi connectivity index (χ2n) is 6.63. The molecule has 0 spiro atoms. The highest BCUT2D eigenvalue weighted by Crippen LogP contribution is 2.42. The lowest BCUT2D eigenvalue weighted by Gasteiger charge is -2.10. The Hall–Kier alpha value is -2.64. The van der Waals surface area contributed by atoms with Crippen LogP contribution in [0.4, 0.5) is 0 Å². The molecular formula is C20H20O7. The van der Waals surface area contributed by atoms with Crippen molar-refractivity contribution in [2.45, 2.75) is 12.2 Å². The van der Waals surface area contributed by atoms with Crippen LogP contribution in [0, 0.1) is 0 Å². The molecule has 0 saturated carbocycles. The Labute approximate surface area is 155 Å². The first-order valence-electron chi connectivity index (χ1n) is 8.86. The maximum Gasteiger partial charge on any atom is 0.164 e. The normalized spacial score (nSPS) is 20.7. The van der Waals surface area contributed by atoms with E-state index in [2.05, 4.69) is 0 Å². The summed E-state index contributed by atoms with van der Waals surface area (Å²) in [6.07, 6.45) is 0.334. The number of methoxy groups -OCH3 is 2. The molecule has 3 aromatic rings. The van der Waals surface area contributed by atoms with E-state index in [4.69, 9.17) is 32.8 Å². The molecule has 0 bridgehead atoms. The van der Waals surface area contributed by atoms with Gasteiger partial charge in [0.2, 0.25) is 0 Å². The molecule has 5 rings (SSSR count). The summed E-state index contributed by atoms with van der Waals surface area (Å²) in [7, 11) is 3.22. The maximum atomic E-state index is 6.00. The van der Waals surface area contributed by atoms with Crippen molar-refractivity contribution in [3.63, 3.8) is 0 Å². The average Bonchev–Trinajstić information content (AvgIpc) is 3.61. The predicted octanol–water partition coefficient (Wildman–Crippen LogP) is 3.16. The van der Waals surface area contributed by atoms with E-state index in [9.17, 15) is 0 Å². The van der Waals surface area contributed by atoms with Crippen molar-refractivity contribution in [3.05, 3.63) is 24.3 Å². The number of furan rings is 1. The van der Waals surface area contributed by atoms with Crippen LogP contribution in [0.1, 0.15) is 0 Å². The van der Waals surface area contributed by atoms with Crippen molar-refractivity contribution >= 4 is 21.9 Å². The van der Waals surface area contributed by atoms with E-state index in [-0.39, 0.29) is 12.2 Å². The Kier molecular flexibility index (Phi) is 3.98. The summed E-state index contributed by atoms with van der Waals surface area (Å²) in [6, 6.07) is 7.54. The molecular weight excluding hydrogens is 352 g/mol. The summed E-state index contributed by atoms with van der Waals surface area (Å²) in [5, 5.41) is 1.85. The van der Waals surface area contributed by atoms with Crippen LogP contribution in [-0.4, -0.2) is 52.9 Å². The van der Waals surface area contributed by atoms with E-state index >= 15 is 0 Å². The second-order valence-corrected chi connectivity index (χ2v) is 6.63. The Balaban J connectivity index is 1.57. The van der Waals surface area contributed by atoms with E-state index in [1.807, 2.05) is 24.3 Å². The van der Waals surface area contributed by atoms with Gasteiger partial charge in [-0.25, -0.2) is 0 Å². The summed E-state index contributed by atoms with van der Waals surface area (Å²) >= 11 is 0.